The fourth-order valence-electron chi connectivity index (χ4n) is 4.51. The number of carboxylic acid groups (broad SMARTS) is 2. The topological polar surface area (TPSA) is 154 Å². The largest absolute Gasteiger partial charge is 1.00 e. The molecule has 0 bridgehead atoms. The monoisotopic (exact) mass is 809 g/mol. The predicted octanol–water partition coefficient (Wildman–Crippen LogP) is -3.70. The predicted molar refractivity (Wildman–Crippen MR) is 123 cm³/mol. The van der Waals surface area contributed by atoms with Crippen molar-refractivity contribution in [1.82, 2.24) is 4.90 Å². The molecule has 0 aromatic heterocycles. The third kappa shape index (κ3) is 8.89. The van der Waals surface area contributed by atoms with Gasteiger partial charge in [0.25, 0.3) is 0 Å². The molecule has 0 spiro atoms. The summed E-state index contributed by atoms with van der Waals surface area (Å²) in [6.45, 7) is 1.43. The van der Waals surface area contributed by atoms with Crippen LogP contribution in [-0.2, 0) is 20.5 Å². The first-order chi connectivity index (χ1) is 18.3. The van der Waals surface area contributed by atoms with Crippen LogP contribution in [0.15, 0.2) is 59.8 Å². The summed E-state index contributed by atoms with van der Waals surface area (Å²) in [7, 11) is 1.15. The first-order valence-electron chi connectivity index (χ1n) is 11.3. The van der Waals surface area contributed by atoms with Crippen LogP contribution in [0.4, 0.5) is 28.4 Å². The molecular weight excluding hydrogens is 789 g/mol. The summed E-state index contributed by atoms with van der Waals surface area (Å²) in [4.78, 5) is 50.0. The number of urea groups is 1. The van der Waals surface area contributed by atoms with E-state index in [1.165, 1.54) is 31.2 Å². The first kappa shape index (κ1) is 38.3. The molecule has 0 radical (unpaired) electrons. The fraction of sp³-hybridized carbons (Fsp3) is 0.269. The summed E-state index contributed by atoms with van der Waals surface area (Å²) >= 11 is 0. The quantitative estimate of drug-likeness (QED) is 0.287. The van der Waals surface area contributed by atoms with Gasteiger partial charge in [-0.05, 0) is 55.4 Å². The van der Waals surface area contributed by atoms with E-state index in [-0.39, 0.29) is 168 Å². The second kappa shape index (κ2) is 16.4. The van der Waals surface area contributed by atoms with E-state index in [0.29, 0.717) is 16.8 Å². The molecular formula is C26H20Cs2F3N3O7. The Morgan fingerprint density at radius 3 is 2.17 bits per heavy atom. The Morgan fingerprint density at radius 1 is 1.07 bits per heavy atom. The van der Waals surface area contributed by atoms with Crippen LogP contribution < -0.4 is 153 Å². The van der Waals surface area contributed by atoms with Gasteiger partial charge < -0.3 is 19.7 Å². The molecule has 10 nitrogen and oxygen atoms in total. The Hall–Kier alpha value is -0.756. The zero-order valence-corrected chi connectivity index (χ0v) is 35.1. The number of methoxy groups -OCH3 is 1. The van der Waals surface area contributed by atoms with Crippen LogP contribution >= 0.6 is 0 Å². The molecule has 2 aliphatic rings. The summed E-state index contributed by atoms with van der Waals surface area (Å²) < 4.78 is 45.0. The van der Waals surface area contributed by atoms with Crippen LogP contribution in [0, 0.1) is 11.3 Å². The van der Waals surface area contributed by atoms with Gasteiger partial charge in [0.1, 0.15) is 6.04 Å². The molecule has 0 fully saturated rings. The summed E-state index contributed by atoms with van der Waals surface area (Å²) in [6.07, 6.45) is -6.74. The molecule has 2 aromatic carbocycles. The Bertz CT molecular complexity index is 1390. The number of amides is 2. The van der Waals surface area contributed by atoms with Crippen LogP contribution in [0.5, 0.6) is 0 Å². The minimum Gasteiger partial charge on any atom is -0.652 e. The zero-order chi connectivity index (χ0) is 29.1. The van der Waals surface area contributed by atoms with Gasteiger partial charge in [0, 0.05) is 17.7 Å². The number of hydrogen-bond donors (Lipinski definition) is 0. The van der Waals surface area contributed by atoms with Crippen LogP contribution in [0.25, 0.3) is 0 Å². The third-order valence-corrected chi connectivity index (χ3v) is 6.18. The van der Waals surface area contributed by atoms with Gasteiger partial charge in [-0.25, -0.2) is 9.59 Å². The molecule has 204 valence electrons. The van der Waals surface area contributed by atoms with Crippen LogP contribution in [-0.4, -0.2) is 42.0 Å². The van der Waals surface area contributed by atoms with Gasteiger partial charge in [-0.2, -0.15) is 18.4 Å². The maximum Gasteiger partial charge on any atom is 1.00 e. The number of Topliss-reactive ketones (excluding diaryl/α,β-unsaturated/α-hetero) is 1. The van der Waals surface area contributed by atoms with Crippen molar-refractivity contribution in [2.24, 2.45) is 0 Å². The van der Waals surface area contributed by atoms with E-state index in [0.717, 1.165) is 29.0 Å². The molecule has 0 saturated heterocycles. The number of ketones is 1. The molecule has 0 N–H and O–H groups in total. The van der Waals surface area contributed by atoms with E-state index in [9.17, 15) is 27.6 Å². The van der Waals surface area contributed by atoms with Crippen molar-refractivity contribution in [1.29, 1.82) is 5.26 Å². The number of rotatable bonds is 4. The van der Waals surface area contributed by atoms with Crippen molar-refractivity contribution in [3.05, 3.63) is 76.5 Å². The molecule has 1 aliphatic carbocycles. The van der Waals surface area contributed by atoms with Gasteiger partial charge in [0.05, 0.1) is 36.0 Å². The number of carbonyl (C=O) groups is 4. The van der Waals surface area contributed by atoms with E-state index in [2.05, 4.69) is 0 Å². The number of benzene rings is 2. The number of hydrogen-bond acceptors (Lipinski definition) is 8. The zero-order valence-electron chi connectivity index (χ0n) is 22.5. The van der Waals surface area contributed by atoms with Crippen molar-refractivity contribution in [3.63, 3.8) is 0 Å². The van der Waals surface area contributed by atoms with Crippen LogP contribution in [0.2, 0.25) is 0 Å². The van der Waals surface area contributed by atoms with Crippen molar-refractivity contribution in [2.75, 3.05) is 12.0 Å². The summed E-state index contributed by atoms with van der Waals surface area (Å²) in [6, 6.07) is 9.59. The van der Waals surface area contributed by atoms with Gasteiger partial charge >= 0.3 is 156 Å². The minimum absolute atomic E-state index is 0. The van der Waals surface area contributed by atoms with Crippen LogP contribution in [0.3, 0.4) is 0 Å². The minimum atomic E-state index is -4.64. The standard InChI is InChI=1S/C25H20F3N3O4.CH2O3.2Cs/c1-14(23(33)35-2)30-22(16-8-6-15(13-29)7-9-16)21-19(10-11-20(21)32)31(24(30)34)18-5-3-4-17(12-18)25(26,27)28;2-1(3)4;;/h3-9,12,14,22H,10-11H2,1-2H3;(H2,2,3,4);;/q;;2*+1/p-2. The SMILES string of the molecule is COC(=O)C(C)N1C(=O)N(c2cccc(C(F)(F)F)c2)C2=C(C(=O)CC2)C1c1ccc(C#N)cc1.O=C([O-])[O-].[Cs+].[Cs+]. The molecule has 0 saturated carbocycles. The van der Waals surface area contributed by atoms with Gasteiger partial charge in [0.15, 0.2) is 5.78 Å². The van der Waals surface area contributed by atoms with E-state index in [1.807, 2.05) is 6.07 Å². The second-order valence-electron chi connectivity index (χ2n) is 8.44. The van der Waals surface area contributed by atoms with Crippen molar-refractivity contribution < 1.29 is 185 Å². The van der Waals surface area contributed by atoms with Crippen molar-refractivity contribution >= 4 is 29.6 Å². The Balaban J connectivity index is 0.00000131. The summed E-state index contributed by atoms with van der Waals surface area (Å²) in [5.41, 5.74) is 0.355. The molecule has 4 rings (SSSR count). The van der Waals surface area contributed by atoms with Gasteiger partial charge in [0.2, 0.25) is 0 Å². The average Bonchev–Trinajstić information content (AvgIpc) is 3.27. The fourth-order valence-corrected chi connectivity index (χ4v) is 4.51. The maximum absolute atomic E-state index is 13.9. The number of esters is 1. The smallest absolute Gasteiger partial charge is 0.652 e. The number of halogens is 3. The molecule has 2 aromatic rings. The molecule has 2 unspecified atom stereocenters. The molecule has 2 amide bonds. The van der Waals surface area contributed by atoms with E-state index in [1.54, 1.807) is 12.1 Å². The Labute approximate surface area is 350 Å². The number of carbonyl (C=O) groups excluding carboxylic acids is 4. The number of anilines is 1. The van der Waals surface area contributed by atoms with Crippen molar-refractivity contribution in [2.45, 2.75) is 38.0 Å². The van der Waals surface area contributed by atoms with E-state index in [4.69, 9.17) is 25.0 Å². The average molecular weight is 809 g/mol. The molecule has 15 heteroatoms. The number of ether oxygens (including phenoxy) is 1. The summed E-state index contributed by atoms with van der Waals surface area (Å²) in [5, 5.41) is 25.8. The Kier molecular flexibility index (Phi) is 15.3. The van der Waals surface area contributed by atoms with E-state index < -0.39 is 42.0 Å². The Morgan fingerprint density at radius 2 is 1.66 bits per heavy atom. The second-order valence-corrected chi connectivity index (χ2v) is 8.44. The van der Waals surface area contributed by atoms with Gasteiger partial charge in [-0.1, -0.05) is 18.2 Å². The van der Waals surface area contributed by atoms with Gasteiger partial charge in [-0.15, -0.1) is 0 Å². The number of nitrogens with zero attached hydrogens (tertiary/aromatic N) is 3. The maximum atomic E-state index is 13.9. The normalized spacial score (nSPS) is 16.7. The van der Waals surface area contributed by atoms with Crippen LogP contribution in [0.1, 0.15) is 42.5 Å². The molecule has 1 heterocycles. The third-order valence-electron chi connectivity index (χ3n) is 6.18. The molecule has 1 aliphatic heterocycles. The van der Waals surface area contributed by atoms with Gasteiger partial charge in [-0.3, -0.25) is 14.6 Å². The first-order valence-corrected chi connectivity index (χ1v) is 11.3. The van der Waals surface area contributed by atoms with Crippen molar-refractivity contribution in [3.8, 4) is 6.07 Å². The van der Waals surface area contributed by atoms with E-state index >= 15 is 0 Å². The number of nitriles is 1. The summed E-state index contributed by atoms with van der Waals surface area (Å²) in [5.74, 6) is -1.03. The number of allylic oxidation sites excluding steroid dienone is 1. The molecule has 2 atom stereocenters. The molecule has 41 heavy (non-hydrogen) atoms. The number of alkyl halides is 3.